The summed E-state index contributed by atoms with van der Waals surface area (Å²) in [6.45, 7) is 7.93. The van der Waals surface area contributed by atoms with E-state index in [9.17, 15) is 9.59 Å². The first-order valence-electron chi connectivity index (χ1n) is 7.89. The molecule has 0 spiro atoms. The Kier molecular flexibility index (Phi) is 5.74. The molecule has 2 rings (SSSR count). The van der Waals surface area contributed by atoms with Gasteiger partial charge in [-0.1, -0.05) is 32.9 Å². The number of thioether (sulfide) groups is 1. The molecule has 1 aromatic carbocycles. The van der Waals surface area contributed by atoms with Gasteiger partial charge in [0.25, 0.3) is 5.91 Å². The van der Waals surface area contributed by atoms with E-state index in [0.29, 0.717) is 17.5 Å². The lowest BCUT2D eigenvalue weighted by Gasteiger charge is -2.20. The number of carbonyl (C=O) groups is 2. The fraction of sp³-hybridized carbons (Fsp3) is 0.556. The number of amides is 1. The predicted molar refractivity (Wildman–Crippen MR) is 93.9 cm³/mol. The normalized spacial score (nSPS) is 18.1. The average molecular weight is 335 g/mol. The molecule has 1 aliphatic heterocycles. The van der Waals surface area contributed by atoms with Crippen molar-refractivity contribution in [2.45, 2.75) is 37.9 Å². The fourth-order valence-corrected chi connectivity index (χ4v) is 3.64. The van der Waals surface area contributed by atoms with E-state index in [-0.39, 0.29) is 17.3 Å². The molecule has 1 aliphatic rings. The summed E-state index contributed by atoms with van der Waals surface area (Å²) >= 11 is 1.57. The van der Waals surface area contributed by atoms with Gasteiger partial charge in [-0.25, -0.2) is 0 Å². The zero-order valence-electron chi connectivity index (χ0n) is 14.3. The first-order valence-corrected chi connectivity index (χ1v) is 8.94. The Bertz CT molecular complexity index is 563. The molecule has 1 aromatic rings. The van der Waals surface area contributed by atoms with Crippen LogP contribution in [0.2, 0.25) is 0 Å². The molecule has 126 valence electrons. The summed E-state index contributed by atoms with van der Waals surface area (Å²) in [6.07, 6.45) is 0.924. The number of hydrogen-bond donors (Lipinski definition) is 0. The largest absolute Gasteiger partial charge is 0.468 e. The summed E-state index contributed by atoms with van der Waals surface area (Å²) in [7, 11) is 1.40. The van der Waals surface area contributed by atoms with Gasteiger partial charge in [0, 0.05) is 23.9 Å². The predicted octanol–water partition coefficient (Wildman–Crippen LogP) is 3.10. The molecule has 5 heteroatoms. The van der Waals surface area contributed by atoms with Gasteiger partial charge < -0.3 is 9.64 Å². The van der Waals surface area contributed by atoms with Crippen molar-refractivity contribution >= 4 is 23.6 Å². The Hall–Kier alpha value is -1.49. The van der Waals surface area contributed by atoms with E-state index >= 15 is 0 Å². The number of benzene rings is 1. The van der Waals surface area contributed by atoms with Crippen molar-refractivity contribution in [1.82, 2.24) is 4.90 Å². The summed E-state index contributed by atoms with van der Waals surface area (Å²) in [5.41, 5.74) is 2.05. The van der Waals surface area contributed by atoms with Crippen molar-refractivity contribution in [3.63, 3.8) is 0 Å². The highest BCUT2D eigenvalue weighted by molar-refractivity contribution is 8.00. The highest BCUT2D eigenvalue weighted by Gasteiger charge is 2.28. The van der Waals surface area contributed by atoms with Crippen LogP contribution in [0.25, 0.3) is 0 Å². The lowest BCUT2D eigenvalue weighted by molar-refractivity contribution is -0.137. The SMILES string of the molecule is COC(=O)CS[C@@H]1CCN(C(=O)c2ccc(C(C)(C)C)cc2)C1. The Labute approximate surface area is 142 Å². The molecule has 0 saturated carbocycles. The Morgan fingerprint density at radius 1 is 1.26 bits per heavy atom. The van der Waals surface area contributed by atoms with Crippen LogP contribution in [0.5, 0.6) is 0 Å². The smallest absolute Gasteiger partial charge is 0.315 e. The van der Waals surface area contributed by atoms with Crippen molar-refractivity contribution in [1.29, 1.82) is 0 Å². The Balaban J connectivity index is 1.93. The van der Waals surface area contributed by atoms with Crippen LogP contribution in [0.1, 0.15) is 43.1 Å². The van der Waals surface area contributed by atoms with Crippen molar-refractivity contribution in [3.05, 3.63) is 35.4 Å². The van der Waals surface area contributed by atoms with E-state index in [1.165, 1.54) is 12.7 Å². The van der Waals surface area contributed by atoms with Crippen LogP contribution in [0, 0.1) is 0 Å². The molecule has 0 N–H and O–H groups in total. The van der Waals surface area contributed by atoms with E-state index in [4.69, 9.17) is 0 Å². The molecule has 23 heavy (non-hydrogen) atoms. The summed E-state index contributed by atoms with van der Waals surface area (Å²) in [5, 5.41) is 0.312. The quantitative estimate of drug-likeness (QED) is 0.793. The van der Waals surface area contributed by atoms with Gasteiger partial charge in [-0.05, 0) is 29.5 Å². The highest BCUT2D eigenvalue weighted by atomic mass is 32.2. The maximum Gasteiger partial charge on any atom is 0.315 e. The van der Waals surface area contributed by atoms with E-state index in [1.54, 1.807) is 11.8 Å². The molecule has 0 radical (unpaired) electrons. The van der Waals surface area contributed by atoms with Crippen molar-refractivity contribution in [2.24, 2.45) is 0 Å². The zero-order chi connectivity index (χ0) is 17.0. The summed E-state index contributed by atoms with van der Waals surface area (Å²) in [5.74, 6) is 0.216. The maximum absolute atomic E-state index is 12.6. The Morgan fingerprint density at radius 3 is 2.48 bits per heavy atom. The third kappa shape index (κ3) is 4.74. The van der Waals surface area contributed by atoms with Crippen LogP contribution in [0.15, 0.2) is 24.3 Å². The molecular formula is C18H25NO3S. The second-order valence-electron chi connectivity index (χ2n) is 6.88. The monoisotopic (exact) mass is 335 g/mol. The van der Waals surface area contributed by atoms with Crippen LogP contribution in [0.3, 0.4) is 0 Å². The number of rotatable bonds is 4. The Morgan fingerprint density at radius 2 is 1.91 bits per heavy atom. The van der Waals surface area contributed by atoms with E-state index in [2.05, 4.69) is 25.5 Å². The molecular weight excluding hydrogens is 310 g/mol. The number of carbonyl (C=O) groups excluding carboxylic acids is 2. The van der Waals surface area contributed by atoms with Crippen LogP contribution in [-0.4, -0.2) is 48.0 Å². The van der Waals surface area contributed by atoms with Gasteiger partial charge in [0.15, 0.2) is 0 Å². The van der Waals surface area contributed by atoms with Gasteiger partial charge >= 0.3 is 5.97 Å². The number of methoxy groups -OCH3 is 1. The van der Waals surface area contributed by atoms with Gasteiger partial charge in [-0.3, -0.25) is 9.59 Å². The number of nitrogens with zero attached hydrogens (tertiary/aromatic N) is 1. The first-order chi connectivity index (χ1) is 10.8. The molecule has 0 aliphatic carbocycles. The molecule has 0 unspecified atom stereocenters. The van der Waals surface area contributed by atoms with Crippen LogP contribution >= 0.6 is 11.8 Å². The summed E-state index contributed by atoms with van der Waals surface area (Å²) in [6, 6.07) is 7.90. The number of esters is 1. The van der Waals surface area contributed by atoms with Crippen LogP contribution in [-0.2, 0) is 14.9 Å². The zero-order valence-corrected chi connectivity index (χ0v) is 15.1. The number of ether oxygens (including phenoxy) is 1. The topological polar surface area (TPSA) is 46.6 Å². The summed E-state index contributed by atoms with van der Waals surface area (Å²) < 4.78 is 4.65. The molecule has 1 atom stereocenters. The fourth-order valence-electron chi connectivity index (χ4n) is 2.59. The molecule has 0 aromatic heterocycles. The standard InChI is InChI=1S/C18H25NO3S/c1-18(2,3)14-7-5-13(6-8-14)17(21)19-10-9-15(11-19)23-12-16(20)22-4/h5-8,15H,9-12H2,1-4H3/t15-/m1/s1. The van der Waals surface area contributed by atoms with Gasteiger partial charge in [0.05, 0.1) is 12.9 Å². The minimum absolute atomic E-state index is 0.0756. The third-order valence-corrected chi connectivity index (χ3v) is 5.35. The van der Waals surface area contributed by atoms with Gasteiger partial charge in [-0.15, -0.1) is 11.8 Å². The van der Waals surface area contributed by atoms with Crippen LogP contribution < -0.4 is 0 Å². The molecule has 1 amide bonds. The van der Waals surface area contributed by atoms with E-state index in [1.807, 2.05) is 29.2 Å². The second-order valence-corrected chi connectivity index (χ2v) is 8.17. The lowest BCUT2D eigenvalue weighted by atomic mass is 9.86. The minimum Gasteiger partial charge on any atom is -0.468 e. The molecule has 1 heterocycles. The van der Waals surface area contributed by atoms with E-state index in [0.717, 1.165) is 18.5 Å². The molecule has 1 fully saturated rings. The molecule has 4 nitrogen and oxygen atoms in total. The molecule has 1 saturated heterocycles. The maximum atomic E-state index is 12.6. The number of hydrogen-bond acceptors (Lipinski definition) is 4. The van der Waals surface area contributed by atoms with Crippen molar-refractivity contribution in [3.8, 4) is 0 Å². The van der Waals surface area contributed by atoms with Gasteiger partial charge in [-0.2, -0.15) is 0 Å². The number of likely N-dealkylation sites (tertiary alicyclic amines) is 1. The molecule has 0 bridgehead atoms. The van der Waals surface area contributed by atoms with Crippen molar-refractivity contribution < 1.29 is 14.3 Å². The van der Waals surface area contributed by atoms with Crippen LogP contribution in [0.4, 0.5) is 0 Å². The van der Waals surface area contributed by atoms with Crippen molar-refractivity contribution in [2.75, 3.05) is 26.0 Å². The van der Waals surface area contributed by atoms with E-state index < -0.39 is 0 Å². The average Bonchev–Trinajstić information content (AvgIpc) is 3.00. The third-order valence-electron chi connectivity index (χ3n) is 4.09. The summed E-state index contributed by atoms with van der Waals surface area (Å²) in [4.78, 5) is 25.6. The first kappa shape index (κ1) is 17.9. The minimum atomic E-state index is -0.211. The second kappa shape index (κ2) is 7.39. The lowest BCUT2D eigenvalue weighted by Crippen LogP contribution is -2.29. The van der Waals surface area contributed by atoms with Gasteiger partial charge in [0.1, 0.15) is 0 Å². The van der Waals surface area contributed by atoms with Gasteiger partial charge in [0.2, 0.25) is 0 Å². The highest BCUT2D eigenvalue weighted by Crippen LogP contribution is 2.26.